The second-order valence-electron chi connectivity index (χ2n) is 5.73. The molecule has 1 amide bonds. The van der Waals surface area contributed by atoms with Crippen molar-refractivity contribution >= 4 is 39.8 Å². The predicted octanol–water partition coefficient (Wildman–Crippen LogP) is 3.50. The summed E-state index contributed by atoms with van der Waals surface area (Å²) < 4.78 is 6.62. The van der Waals surface area contributed by atoms with E-state index in [1.54, 1.807) is 36.4 Å². The highest BCUT2D eigenvalue weighted by Gasteiger charge is 2.17. The van der Waals surface area contributed by atoms with Crippen LogP contribution in [0.15, 0.2) is 40.9 Å². The van der Waals surface area contributed by atoms with Gasteiger partial charge in [0.15, 0.2) is 5.84 Å². The molecule has 1 aromatic heterocycles. The van der Waals surface area contributed by atoms with Crippen molar-refractivity contribution in [3.63, 3.8) is 0 Å². The van der Waals surface area contributed by atoms with E-state index in [2.05, 4.69) is 26.2 Å². The van der Waals surface area contributed by atoms with Crippen LogP contribution in [0.3, 0.4) is 0 Å². The van der Waals surface area contributed by atoms with Crippen LogP contribution in [-0.2, 0) is 0 Å². The molecule has 0 aliphatic carbocycles. The van der Waals surface area contributed by atoms with Gasteiger partial charge >= 0.3 is 0 Å². The van der Waals surface area contributed by atoms with Gasteiger partial charge < -0.3 is 15.0 Å². The molecule has 0 saturated carbocycles. The lowest BCUT2D eigenvalue weighted by atomic mass is 10.2. The average Bonchev–Trinajstić information content (AvgIpc) is 2.63. The molecular formula is C18H18BrN5O2. The Morgan fingerprint density at radius 3 is 2.92 bits per heavy atom. The highest BCUT2D eigenvalue weighted by atomic mass is 79.9. The van der Waals surface area contributed by atoms with Crippen LogP contribution in [0.1, 0.15) is 28.9 Å². The topological polar surface area (TPSA) is 102 Å². The molecular weight excluding hydrogens is 398 g/mol. The maximum atomic E-state index is 12.6. The molecule has 1 aliphatic heterocycles. The van der Waals surface area contributed by atoms with Crippen LogP contribution in [-0.4, -0.2) is 41.1 Å². The highest BCUT2D eigenvalue weighted by molar-refractivity contribution is 9.10. The van der Waals surface area contributed by atoms with Gasteiger partial charge in [-0.15, -0.1) is 0 Å². The summed E-state index contributed by atoms with van der Waals surface area (Å²) in [5, 5.41) is 18.6. The van der Waals surface area contributed by atoms with E-state index < -0.39 is 0 Å². The summed E-state index contributed by atoms with van der Waals surface area (Å²) in [5.74, 6) is 0.637. The summed E-state index contributed by atoms with van der Waals surface area (Å²) in [5.41, 5.74) is 0.823. The number of anilines is 1. The summed E-state index contributed by atoms with van der Waals surface area (Å²) in [6, 6.07) is 10.3. The quantitative estimate of drug-likeness (QED) is 0.489. The lowest BCUT2D eigenvalue weighted by Crippen LogP contribution is -2.31. The minimum Gasteiger partial charge on any atom is -0.493 e. The Labute approximate surface area is 159 Å². The van der Waals surface area contributed by atoms with Crippen molar-refractivity contribution in [1.82, 2.24) is 9.88 Å². The Kier molecular flexibility index (Phi) is 5.62. The molecule has 3 N–H and O–H groups in total. The van der Waals surface area contributed by atoms with Crippen LogP contribution in [0.25, 0.3) is 0 Å². The van der Waals surface area contributed by atoms with Crippen LogP contribution in [0.4, 0.5) is 5.82 Å². The van der Waals surface area contributed by atoms with E-state index in [1.165, 1.54) is 4.90 Å². The van der Waals surface area contributed by atoms with Gasteiger partial charge in [0, 0.05) is 11.0 Å². The number of fused-ring (bicyclic) bond motifs is 3. The van der Waals surface area contributed by atoms with Crippen LogP contribution in [0.2, 0.25) is 0 Å². The van der Waals surface area contributed by atoms with E-state index in [1.807, 2.05) is 0 Å². The molecule has 26 heavy (non-hydrogen) atoms. The molecule has 0 fully saturated rings. The zero-order valence-corrected chi connectivity index (χ0v) is 15.5. The van der Waals surface area contributed by atoms with Crippen molar-refractivity contribution in [2.45, 2.75) is 12.8 Å². The Bertz CT molecular complexity index is 855. The number of halogens is 1. The molecule has 0 saturated heterocycles. The fourth-order valence-electron chi connectivity index (χ4n) is 2.58. The number of carbonyl (C=O) groups excluding carboxylic acids is 1. The number of carbonyl (C=O) groups is 1. The van der Waals surface area contributed by atoms with Gasteiger partial charge in [0.05, 0.1) is 18.5 Å². The minimum atomic E-state index is -0.329. The maximum Gasteiger partial charge on any atom is 0.260 e. The average molecular weight is 416 g/mol. The fraction of sp³-hybridized carbons (Fsp3) is 0.222. The zero-order chi connectivity index (χ0) is 18.5. The second kappa shape index (κ2) is 8.09. The highest BCUT2D eigenvalue weighted by Crippen LogP contribution is 2.25. The number of aromatic nitrogens is 1. The molecule has 1 aromatic carbocycles. The van der Waals surface area contributed by atoms with E-state index in [9.17, 15) is 4.79 Å². The predicted molar refractivity (Wildman–Crippen MR) is 103 cm³/mol. The minimum absolute atomic E-state index is 0.124. The van der Waals surface area contributed by atoms with Gasteiger partial charge in [0.2, 0.25) is 0 Å². The van der Waals surface area contributed by atoms with Crippen molar-refractivity contribution in [3.05, 3.63) is 52.1 Å². The molecule has 2 heterocycles. The normalized spacial score (nSPS) is 15.3. The molecule has 7 nitrogen and oxygen atoms in total. The third-order valence-corrected chi connectivity index (χ3v) is 4.41. The van der Waals surface area contributed by atoms with E-state index >= 15 is 0 Å². The first-order valence-corrected chi connectivity index (χ1v) is 8.94. The SMILES string of the molecule is N=CN1CCCCOc2cc(Br)ccc2C(=O)Nc2cccc(n2)C1=N. The Morgan fingerprint density at radius 1 is 1.27 bits per heavy atom. The van der Waals surface area contributed by atoms with Crippen LogP contribution in [0.5, 0.6) is 5.75 Å². The summed E-state index contributed by atoms with van der Waals surface area (Å²) in [6.45, 7) is 0.967. The van der Waals surface area contributed by atoms with Gasteiger partial charge in [-0.05, 0) is 43.2 Å². The van der Waals surface area contributed by atoms with E-state index in [0.717, 1.165) is 23.7 Å². The molecule has 0 unspecified atom stereocenters. The van der Waals surface area contributed by atoms with Crippen LogP contribution >= 0.6 is 15.9 Å². The fourth-order valence-corrected chi connectivity index (χ4v) is 2.92. The number of ether oxygens (including phenoxy) is 1. The molecule has 0 radical (unpaired) electrons. The van der Waals surface area contributed by atoms with Gasteiger partial charge in [-0.1, -0.05) is 22.0 Å². The van der Waals surface area contributed by atoms with Crippen molar-refractivity contribution in [1.29, 1.82) is 10.8 Å². The van der Waals surface area contributed by atoms with Gasteiger partial charge in [0.1, 0.15) is 17.3 Å². The molecule has 8 heteroatoms. The van der Waals surface area contributed by atoms with Crippen molar-refractivity contribution in [2.75, 3.05) is 18.5 Å². The smallest absolute Gasteiger partial charge is 0.260 e. The van der Waals surface area contributed by atoms with E-state index in [0.29, 0.717) is 36.0 Å². The molecule has 1 aliphatic rings. The van der Waals surface area contributed by atoms with Crippen molar-refractivity contribution in [3.8, 4) is 5.75 Å². The Hall–Kier alpha value is -2.74. The number of hydrogen-bond acceptors (Lipinski definition) is 5. The second-order valence-corrected chi connectivity index (χ2v) is 6.65. The molecule has 134 valence electrons. The lowest BCUT2D eigenvalue weighted by Gasteiger charge is -2.20. The molecule has 0 atom stereocenters. The Morgan fingerprint density at radius 2 is 2.12 bits per heavy atom. The Balaban J connectivity index is 1.97. The third kappa shape index (κ3) is 4.08. The maximum absolute atomic E-state index is 12.6. The number of amides is 1. The number of nitrogens with zero attached hydrogens (tertiary/aromatic N) is 2. The standard InChI is InChI=1S/C18H18BrN5O2/c19-12-6-7-13-15(10-12)26-9-2-1-8-24(11-20)17(21)14-4-3-5-16(22-14)23-18(13)25/h3-7,10-11,20-21H,1-2,8-9H2,(H,22,23,25). The number of hydrogen-bond donors (Lipinski definition) is 3. The van der Waals surface area contributed by atoms with Gasteiger partial charge in [0.25, 0.3) is 5.91 Å². The molecule has 2 bridgehead atoms. The van der Waals surface area contributed by atoms with Crippen LogP contribution < -0.4 is 10.1 Å². The van der Waals surface area contributed by atoms with Crippen LogP contribution in [0, 0.1) is 10.8 Å². The number of benzene rings is 1. The molecule has 3 rings (SSSR count). The number of rotatable bonds is 1. The number of nitrogens with one attached hydrogen (secondary N) is 3. The van der Waals surface area contributed by atoms with Gasteiger partial charge in [-0.3, -0.25) is 15.6 Å². The van der Waals surface area contributed by atoms with Gasteiger partial charge in [-0.25, -0.2) is 4.98 Å². The molecule has 2 aromatic rings. The van der Waals surface area contributed by atoms with E-state index in [4.69, 9.17) is 15.6 Å². The molecule has 0 spiro atoms. The first kappa shape index (κ1) is 18.1. The zero-order valence-electron chi connectivity index (χ0n) is 14.0. The summed E-state index contributed by atoms with van der Waals surface area (Å²) in [7, 11) is 0. The summed E-state index contributed by atoms with van der Waals surface area (Å²) >= 11 is 3.40. The number of pyridine rings is 1. The van der Waals surface area contributed by atoms with E-state index in [-0.39, 0.29) is 11.7 Å². The van der Waals surface area contributed by atoms with Crippen molar-refractivity contribution < 1.29 is 9.53 Å². The largest absolute Gasteiger partial charge is 0.493 e. The van der Waals surface area contributed by atoms with Gasteiger partial charge in [-0.2, -0.15) is 0 Å². The lowest BCUT2D eigenvalue weighted by molar-refractivity contribution is 0.102. The van der Waals surface area contributed by atoms with Crippen molar-refractivity contribution in [2.24, 2.45) is 0 Å². The first-order valence-electron chi connectivity index (χ1n) is 8.15. The monoisotopic (exact) mass is 415 g/mol. The first-order chi connectivity index (χ1) is 12.6. The third-order valence-electron chi connectivity index (χ3n) is 3.92. The summed E-state index contributed by atoms with van der Waals surface area (Å²) in [6.07, 6.45) is 2.60. The summed E-state index contributed by atoms with van der Waals surface area (Å²) in [4.78, 5) is 18.5. The number of amidine groups is 1.